The second kappa shape index (κ2) is 21.6. The summed E-state index contributed by atoms with van der Waals surface area (Å²) in [5.74, 6) is -3.13. The third-order valence-electron chi connectivity index (χ3n) is 4.48. The average Bonchev–Trinajstić information content (AvgIpc) is 2.83. The molecule has 1 N–H and O–H groups in total. The molecular formula is C22H28Cl4O12. The van der Waals surface area contributed by atoms with Crippen LogP contribution in [0.2, 0.25) is 0 Å². The normalized spacial score (nSPS) is 10.3. The van der Waals surface area contributed by atoms with Gasteiger partial charge in [0.1, 0.15) is 19.8 Å². The van der Waals surface area contributed by atoms with Gasteiger partial charge in [-0.2, -0.15) is 0 Å². The van der Waals surface area contributed by atoms with Crippen molar-refractivity contribution in [1.29, 1.82) is 0 Å². The van der Waals surface area contributed by atoms with Crippen LogP contribution in [0.4, 0.5) is 0 Å². The molecule has 0 saturated carbocycles. The number of rotatable bonds is 19. The number of hydrogen-bond donors (Lipinski definition) is 1. The maximum absolute atomic E-state index is 11.8. The van der Waals surface area contributed by atoms with Crippen LogP contribution in [0.3, 0.4) is 0 Å². The zero-order valence-electron chi connectivity index (χ0n) is 20.4. The van der Waals surface area contributed by atoms with Gasteiger partial charge in [0, 0.05) is 25.7 Å². The Morgan fingerprint density at radius 3 is 0.974 bits per heavy atom. The molecule has 0 aromatic carbocycles. The van der Waals surface area contributed by atoms with Gasteiger partial charge in [-0.3, -0.25) is 38.4 Å². The lowest BCUT2D eigenvalue weighted by Crippen LogP contribution is -2.39. The molecule has 0 aromatic heterocycles. The van der Waals surface area contributed by atoms with Gasteiger partial charge >= 0.3 is 23.9 Å². The summed E-state index contributed by atoms with van der Waals surface area (Å²) in [5, 5.41) is 5.26. The standard InChI is InChI=1S/C18H23Cl3O9.C4H5ClO3/c1-2-18(9-28-15(25)6-3-12(19)22,10-29-16(26)7-4-13(20)23)11-30-17(27)8-5-14(21)24;5-3(6)1-2-4(7)8/h2-11H2,1H3;1-2H2,(H,7,8). The number of ether oxygens (including phenoxy) is 3. The van der Waals surface area contributed by atoms with Crippen molar-refractivity contribution in [1.82, 2.24) is 0 Å². The number of carboxylic acid groups (broad SMARTS) is 1. The average molecular weight is 626 g/mol. The van der Waals surface area contributed by atoms with Gasteiger partial charge in [0.25, 0.3) is 0 Å². The highest BCUT2D eigenvalue weighted by Gasteiger charge is 2.34. The van der Waals surface area contributed by atoms with Gasteiger partial charge in [-0.05, 0) is 52.8 Å². The van der Waals surface area contributed by atoms with Crippen LogP contribution >= 0.6 is 46.4 Å². The summed E-state index contributed by atoms with van der Waals surface area (Å²) in [6.45, 7) is 0.870. The van der Waals surface area contributed by atoms with Crippen molar-refractivity contribution in [2.75, 3.05) is 19.8 Å². The highest BCUT2D eigenvalue weighted by molar-refractivity contribution is 6.64. The molecule has 0 unspecified atom stereocenters. The van der Waals surface area contributed by atoms with Crippen molar-refractivity contribution >= 4 is 91.3 Å². The Bertz CT molecular complexity index is 762. The summed E-state index contributed by atoms with van der Waals surface area (Å²) in [4.78, 5) is 87.2. The highest BCUT2D eigenvalue weighted by atomic mass is 35.5. The van der Waals surface area contributed by atoms with E-state index < -0.39 is 50.3 Å². The number of halogens is 4. The fraction of sp³-hybridized carbons (Fsp3) is 0.636. The van der Waals surface area contributed by atoms with Crippen molar-refractivity contribution in [3.8, 4) is 0 Å². The van der Waals surface area contributed by atoms with E-state index in [0.29, 0.717) is 0 Å². The van der Waals surface area contributed by atoms with Crippen molar-refractivity contribution in [2.45, 2.75) is 64.7 Å². The second-order valence-corrected chi connectivity index (χ2v) is 9.34. The maximum Gasteiger partial charge on any atom is 0.306 e. The molecule has 16 heteroatoms. The largest absolute Gasteiger partial charge is 0.481 e. The number of aliphatic carboxylic acids is 1. The Morgan fingerprint density at radius 2 is 0.789 bits per heavy atom. The van der Waals surface area contributed by atoms with E-state index in [4.69, 9.17) is 65.7 Å². The Hall–Kier alpha value is -2.28. The summed E-state index contributed by atoms with van der Waals surface area (Å²) in [5.41, 5.74) is -1.08. The molecule has 0 aromatic rings. The molecule has 0 atom stereocenters. The summed E-state index contributed by atoms with van der Waals surface area (Å²) in [6.07, 6.45) is -1.32. The number of carbonyl (C=O) groups excluding carboxylic acids is 7. The molecular weight excluding hydrogens is 598 g/mol. The molecule has 0 saturated heterocycles. The summed E-state index contributed by atoms with van der Waals surface area (Å²) >= 11 is 20.4. The molecule has 216 valence electrons. The van der Waals surface area contributed by atoms with Crippen LogP contribution in [-0.2, 0) is 52.6 Å². The van der Waals surface area contributed by atoms with E-state index in [9.17, 15) is 38.4 Å². The van der Waals surface area contributed by atoms with Crippen LogP contribution < -0.4 is 0 Å². The zero-order valence-corrected chi connectivity index (χ0v) is 23.5. The predicted octanol–water partition coefficient (Wildman–Crippen LogP) is 3.27. The molecule has 0 spiro atoms. The monoisotopic (exact) mass is 624 g/mol. The van der Waals surface area contributed by atoms with Crippen molar-refractivity contribution < 1.29 is 57.7 Å². The minimum absolute atomic E-state index is 0.0864. The van der Waals surface area contributed by atoms with Crippen molar-refractivity contribution in [3.63, 3.8) is 0 Å². The number of esters is 3. The smallest absolute Gasteiger partial charge is 0.306 e. The van der Waals surface area contributed by atoms with Gasteiger partial charge in [0.2, 0.25) is 21.0 Å². The minimum Gasteiger partial charge on any atom is -0.481 e. The first-order valence-electron chi connectivity index (χ1n) is 11.0. The molecule has 0 radical (unpaired) electrons. The third-order valence-corrected chi connectivity index (χ3v) is 5.24. The van der Waals surface area contributed by atoms with E-state index in [2.05, 4.69) is 0 Å². The topological polar surface area (TPSA) is 184 Å². The van der Waals surface area contributed by atoms with Gasteiger partial charge in [-0.25, -0.2) is 0 Å². The van der Waals surface area contributed by atoms with E-state index in [0.717, 1.165) is 0 Å². The molecule has 0 aliphatic carbocycles. The summed E-state index contributed by atoms with van der Waals surface area (Å²) in [7, 11) is 0. The lowest BCUT2D eigenvalue weighted by atomic mass is 9.88. The first kappa shape index (κ1) is 37.9. The van der Waals surface area contributed by atoms with Crippen LogP contribution in [0.1, 0.15) is 64.7 Å². The Morgan fingerprint density at radius 1 is 0.526 bits per heavy atom. The number of carboxylic acids is 1. The van der Waals surface area contributed by atoms with Crippen LogP contribution in [0.5, 0.6) is 0 Å². The predicted molar refractivity (Wildman–Crippen MR) is 134 cm³/mol. The minimum atomic E-state index is -1.08. The van der Waals surface area contributed by atoms with Crippen molar-refractivity contribution in [3.05, 3.63) is 0 Å². The molecule has 0 amide bonds. The Kier molecular flexibility index (Phi) is 21.6. The van der Waals surface area contributed by atoms with Crippen LogP contribution in [-0.4, -0.2) is 69.8 Å². The fourth-order valence-corrected chi connectivity index (χ4v) is 2.53. The molecule has 0 rings (SSSR count). The molecule has 0 fully saturated rings. The van der Waals surface area contributed by atoms with Gasteiger partial charge < -0.3 is 19.3 Å². The molecule has 38 heavy (non-hydrogen) atoms. The molecule has 0 heterocycles. The Balaban J connectivity index is 0. The van der Waals surface area contributed by atoms with Gasteiger partial charge in [0.05, 0.1) is 31.1 Å². The molecule has 0 bridgehead atoms. The highest BCUT2D eigenvalue weighted by Crippen LogP contribution is 2.25. The maximum atomic E-state index is 11.8. The van der Waals surface area contributed by atoms with Gasteiger partial charge in [0.15, 0.2) is 0 Å². The molecule has 12 nitrogen and oxygen atoms in total. The third kappa shape index (κ3) is 24.1. The second-order valence-electron chi connectivity index (χ2n) is 7.65. The van der Waals surface area contributed by atoms with E-state index in [1.54, 1.807) is 6.92 Å². The van der Waals surface area contributed by atoms with E-state index >= 15 is 0 Å². The van der Waals surface area contributed by atoms with Gasteiger partial charge in [-0.15, -0.1) is 0 Å². The first-order valence-corrected chi connectivity index (χ1v) is 12.6. The molecule has 0 aliphatic heterocycles. The van der Waals surface area contributed by atoms with Crippen LogP contribution in [0.15, 0.2) is 0 Å². The number of carbonyl (C=O) groups is 8. The fourth-order valence-electron chi connectivity index (χ4n) is 2.15. The lowest BCUT2D eigenvalue weighted by Gasteiger charge is -2.31. The lowest BCUT2D eigenvalue weighted by molar-refractivity contribution is -0.163. The zero-order chi connectivity index (χ0) is 29.7. The number of hydrogen-bond acceptors (Lipinski definition) is 11. The van der Waals surface area contributed by atoms with E-state index in [-0.39, 0.29) is 77.6 Å². The summed E-state index contributed by atoms with van der Waals surface area (Å²) in [6, 6.07) is 0. The van der Waals surface area contributed by atoms with E-state index in [1.165, 1.54) is 0 Å². The SMILES string of the molecule is CCC(COC(=O)CCC(=O)Cl)(COC(=O)CCC(=O)Cl)COC(=O)CCC(=O)Cl.O=C(O)CCC(=O)Cl. The van der Waals surface area contributed by atoms with Crippen LogP contribution in [0.25, 0.3) is 0 Å². The summed E-state index contributed by atoms with van der Waals surface area (Å²) < 4.78 is 15.4. The van der Waals surface area contributed by atoms with E-state index in [1.807, 2.05) is 0 Å². The quantitative estimate of drug-likeness (QED) is 0.126. The van der Waals surface area contributed by atoms with Crippen molar-refractivity contribution in [2.24, 2.45) is 5.41 Å². The molecule has 0 aliphatic rings. The first-order chi connectivity index (χ1) is 17.6. The Labute approximate surface area is 238 Å². The van der Waals surface area contributed by atoms with Gasteiger partial charge in [-0.1, -0.05) is 6.92 Å². The van der Waals surface area contributed by atoms with Crippen LogP contribution in [0, 0.1) is 5.41 Å².